The number of benzene rings is 2. The molecule has 184 valence electrons. The van der Waals surface area contributed by atoms with E-state index in [0.717, 1.165) is 11.3 Å². The minimum atomic E-state index is -0.602. The zero-order valence-corrected chi connectivity index (χ0v) is 22.3. The maximum atomic E-state index is 13.7. The van der Waals surface area contributed by atoms with E-state index in [-0.39, 0.29) is 22.9 Å². The van der Waals surface area contributed by atoms with Gasteiger partial charge >= 0.3 is 0 Å². The minimum absolute atomic E-state index is 0.0125. The van der Waals surface area contributed by atoms with Crippen molar-refractivity contribution in [2.45, 2.75) is 53.4 Å². The second-order valence-corrected chi connectivity index (χ2v) is 10.8. The Hall–Kier alpha value is -3.06. The number of halogens is 1. The maximum absolute atomic E-state index is 13.7. The molecule has 4 rings (SSSR count). The Labute approximate surface area is 214 Å². The average molecular weight is 539 g/mol. The van der Waals surface area contributed by atoms with E-state index in [9.17, 15) is 14.7 Å². The summed E-state index contributed by atoms with van der Waals surface area (Å²) in [7, 11) is 0. The number of carbonyl (C=O) groups excluding carboxylic acids is 2. The molecule has 1 atom stereocenters. The summed E-state index contributed by atoms with van der Waals surface area (Å²) >= 11 is 3.43. The van der Waals surface area contributed by atoms with Crippen molar-refractivity contribution >= 4 is 33.3 Å². The molecule has 0 fully saturated rings. The molecule has 2 aromatic carbocycles. The van der Waals surface area contributed by atoms with E-state index in [1.54, 1.807) is 12.1 Å². The van der Waals surface area contributed by atoms with Crippen LogP contribution in [-0.4, -0.2) is 23.4 Å². The molecule has 0 aromatic heterocycles. The molecule has 2 aromatic rings. The molecular weight excluding hydrogens is 508 g/mol. The first-order valence-electron chi connectivity index (χ1n) is 11.8. The molecule has 1 amide bonds. The normalized spacial score (nSPS) is 19.3. The fourth-order valence-corrected chi connectivity index (χ4v) is 5.46. The van der Waals surface area contributed by atoms with E-state index < -0.39 is 5.92 Å². The number of rotatable bonds is 5. The average Bonchev–Trinajstić information content (AvgIpc) is 2.76. The smallest absolute Gasteiger partial charge is 0.254 e. The molecule has 0 unspecified atom stereocenters. The van der Waals surface area contributed by atoms with Gasteiger partial charge in [0.2, 0.25) is 0 Å². The molecular formula is C28H31BrN2O4. The molecule has 0 saturated heterocycles. The van der Waals surface area contributed by atoms with Crippen LogP contribution in [0.4, 0.5) is 5.69 Å². The summed E-state index contributed by atoms with van der Waals surface area (Å²) in [6, 6.07) is 11.1. The Balaban J connectivity index is 1.88. The predicted molar refractivity (Wildman–Crippen MR) is 140 cm³/mol. The number of ether oxygens (including phenoxy) is 1. The van der Waals surface area contributed by atoms with Gasteiger partial charge < -0.3 is 20.5 Å². The molecule has 35 heavy (non-hydrogen) atoms. The number of phenols is 1. The Kier molecular flexibility index (Phi) is 6.82. The van der Waals surface area contributed by atoms with Gasteiger partial charge in [0, 0.05) is 40.6 Å². The highest BCUT2D eigenvalue weighted by atomic mass is 79.9. The van der Waals surface area contributed by atoms with Crippen molar-refractivity contribution in [3.63, 3.8) is 0 Å². The van der Waals surface area contributed by atoms with Crippen LogP contribution in [0.1, 0.15) is 57.6 Å². The van der Waals surface area contributed by atoms with Crippen LogP contribution in [0.15, 0.2) is 63.4 Å². The number of phenolic OH excluding ortho intramolecular Hbond substituents is 1. The Morgan fingerprint density at radius 3 is 2.63 bits per heavy atom. The number of anilines is 1. The number of allylic oxidation sites excluding steroid dienone is 3. The van der Waals surface area contributed by atoms with Crippen molar-refractivity contribution in [3.05, 3.63) is 74.5 Å². The summed E-state index contributed by atoms with van der Waals surface area (Å²) in [5.41, 5.74) is 4.81. The number of Topliss-reactive ketones (excluding diaryl/α,β-unsaturated/α-hetero) is 1. The van der Waals surface area contributed by atoms with Gasteiger partial charge in [-0.2, -0.15) is 0 Å². The number of dihydropyridines is 1. The quantitative estimate of drug-likeness (QED) is 0.427. The zero-order chi connectivity index (χ0) is 25.5. The molecule has 6 nitrogen and oxygen atoms in total. The summed E-state index contributed by atoms with van der Waals surface area (Å²) in [5, 5.41) is 16.9. The summed E-state index contributed by atoms with van der Waals surface area (Å²) in [5.74, 6) is -0.570. The van der Waals surface area contributed by atoms with Crippen LogP contribution in [-0.2, 0) is 9.59 Å². The molecule has 1 heterocycles. The lowest BCUT2D eigenvalue weighted by Gasteiger charge is -2.39. The van der Waals surface area contributed by atoms with E-state index in [1.165, 1.54) is 0 Å². The first-order valence-corrected chi connectivity index (χ1v) is 12.6. The summed E-state index contributed by atoms with van der Waals surface area (Å²) in [6.45, 7) is 10.2. The van der Waals surface area contributed by atoms with Crippen molar-refractivity contribution in [2.75, 3.05) is 11.9 Å². The van der Waals surface area contributed by atoms with Crippen LogP contribution in [0.2, 0.25) is 0 Å². The first kappa shape index (κ1) is 25.0. The Bertz CT molecular complexity index is 1280. The molecule has 3 N–H and O–H groups in total. The van der Waals surface area contributed by atoms with Gasteiger partial charge in [-0.05, 0) is 77.9 Å². The highest BCUT2D eigenvalue weighted by Crippen LogP contribution is 2.49. The molecule has 2 aliphatic rings. The molecule has 0 saturated carbocycles. The topological polar surface area (TPSA) is 87.7 Å². The van der Waals surface area contributed by atoms with Crippen LogP contribution in [0, 0.1) is 12.3 Å². The summed E-state index contributed by atoms with van der Waals surface area (Å²) in [4.78, 5) is 27.3. The van der Waals surface area contributed by atoms with Gasteiger partial charge in [0.1, 0.15) is 0 Å². The lowest BCUT2D eigenvalue weighted by atomic mass is 9.68. The van der Waals surface area contributed by atoms with E-state index in [2.05, 4.69) is 40.4 Å². The highest BCUT2D eigenvalue weighted by Gasteiger charge is 2.43. The largest absolute Gasteiger partial charge is 0.503 e. The van der Waals surface area contributed by atoms with Crippen LogP contribution in [0.5, 0.6) is 11.5 Å². The molecule has 0 bridgehead atoms. The van der Waals surface area contributed by atoms with Crippen molar-refractivity contribution in [2.24, 2.45) is 5.41 Å². The van der Waals surface area contributed by atoms with Crippen molar-refractivity contribution < 1.29 is 19.4 Å². The number of hydrogen-bond acceptors (Lipinski definition) is 5. The molecule has 1 aliphatic heterocycles. The third kappa shape index (κ3) is 4.87. The second kappa shape index (κ2) is 9.53. The number of nitrogens with one attached hydrogen (secondary N) is 2. The van der Waals surface area contributed by atoms with Crippen LogP contribution >= 0.6 is 15.9 Å². The van der Waals surface area contributed by atoms with Gasteiger partial charge in [-0.25, -0.2) is 0 Å². The van der Waals surface area contributed by atoms with Gasteiger partial charge in [-0.15, -0.1) is 0 Å². The molecule has 7 heteroatoms. The van der Waals surface area contributed by atoms with Crippen LogP contribution in [0.3, 0.4) is 0 Å². The SMILES string of the molecule is CCOc1cc([C@H]2C(C(=O)Nc3ccccc3C)=C(C)NC3=C2C(=O)CC(C)(C)C3)cc(Br)c1O. The number of hydrogen-bond donors (Lipinski definition) is 3. The number of para-hydroxylation sites is 1. The zero-order valence-electron chi connectivity index (χ0n) is 20.7. The Morgan fingerprint density at radius 1 is 1.23 bits per heavy atom. The van der Waals surface area contributed by atoms with Gasteiger partial charge in [-0.3, -0.25) is 9.59 Å². The molecule has 0 radical (unpaired) electrons. The lowest BCUT2D eigenvalue weighted by molar-refractivity contribution is -0.118. The van der Waals surface area contributed by atoms with E-state index in [4.69, 9.17) is 4.74 Å². The lowest BCUT2D eigenvalue weighted by Crippen LogP contribution is -2.39. The number of carbonyl (C=O) groups is 2. The first-order chi connectivity index (χ1) is 16.5. The molecule has 1 aliphatic carbocycles. The number of aromatic hydroxyl groups is 1. The fourth-order valence-electron chi connectivity index (χ4n) is 5.00. The number of aryl methyl sites for hydroxylation is 1. The van der Waals surface area contributed by atoms with Crippen molar-refractivity contribution in [3.8, 4) is 11.5 Å². The third-order valence-corrected chi connectivity index (χ3v) is 7.17. The molecule has 0 spiro atoms. The number of ketones is 1. The van der Waals surface area contributed by atoms with Gasteiger partial charge in [0.25, 0.3) is 5.91 Å². The van der Waals surface area contributed by atoms with Gasteiger partial charge in [0.05, 0.1) is 11.1 Å². The fraction of sp³-hybridized carbons (Fsp3) is 0.357. The highest BCUT2D eigenvalue weighted by molar-refractivity contribution is 9.10. The van der Waals surface area contributed by atoms with Crippen LogP contribution in [0.25, 0.3) is 0 Å². The monoisotopic (exact) mass is 538 g/mol. The van der Waals surface area contributed by atoms with Crippen molar-refractivity contribution in [1.29, 1.82) is 0 Å². The summed E-state index contributed by atoms with van der Waals surface area (Å²) in [6.07, 6.45) is 1.10. The van der Waals surface area contributed by atoms with E-state index in [0.29, 0.717) is 57.8 Å². The minimum Gasteiger partial charge on any atom is -0.503 e. The third-order valence-electron chi connectivity index (χ3n) is 6.56. The Morgan fingerprint density at radius 2 is 1.94 bits per heavy atom. The standard InChI is InChI=1S/C28H31BrN2O4/c1-6-35-22-12-17(11-18(29)26(22)33)24-23(27(34)31-19-10-8-7-9-15(19)2)16(3)30-20-13-28(4,5)14-21(32)25(20)24/h7-12,24,30,33H,6,13-14H2,1-5H3,(H,31,34)/t24-/m0/s1. The van der Waals surface area contributed by atoms with Gasteiger partial charge in [-0.1, -0.05) is 32.0 Å². The maximum Gasteiger partial charge on any atom is 0.254 e. The second-order valence-electron chi connectivity index (χ2n) is 9.98. The predicted octanol–water partition coefficient (Wildman–Crippen LogP) is 6.10. The van der Waals surface area contributed by atoms with E-state index in [1.807, 2.05) is 45.0 Å². The summed E-state index contributed by atoms with van der Waals surface area (Å²) < 4.78 is 6.11. The van der Waals surface area contributed by atoms with Crippen molar-refractivity contribution in [1.82, 2.24) is 5.32 Å². The van der Waals surface area contributed by atoms with E-state index >= 15 is 0 Å². The number of amides is 1. The van der Waals surface area contributed by atoms with Crippen LogP contribution < -0.4 is 15.4 Å². The van der Waals surface area contributed by atoms with Gasteiger partial charge in [0.15, 0.2) is 17.3 Å².